The standard InChI is InChI=1S/C12H15F2N3/c1-8-7-16-12(17-8)15-6-5-9-10(13)3-2-4-11(9)14/h2-4,8H,5-7H2,1H3,(H2,15,16,17). The lowest BCUT2D eigenvalue weighted by Gasteiger charge is -2.09. The molecule has 0 bridgehead atoms. The molecule has 92 valence electrons. The molecule has 3 nitrogen and oxygen atoms in total. The maximum absolute atomic E-state index is 13.3. The number of aliphatic imine (C=N–C) groups is 1. The van der Waals surface area contributed by atoms with Gasteiger partial charge >= 0.3 is 0 Å². The second-order valence-corrected chi connectivity index (χ2v) is 4.11. The van der Waals surface area contributed by atoms with Crippen molar-refractivity contribution in [2.45, 2.75) is 19.4 Å². The van der Waals surface area contributed by atoms with Crippen molar-refractivity contribution in [1.29, 1.82) is 0 Å². The molecule has 0 aliphatic carbocycles. The molecule has 0 saturated carbocycles. The Bertz CT molecular complexity index is 412. The van der Waals surface area contributed by atoms with Gasteiger partial charge in [-0.3, -0.25) is 4.99 Å². The van der Waals surface area contributed by atoms with Gasteiger partial charge < -0.3 is 10.6 Å². The van der Waals surface area contributed by atoms with Crippen LogP contribution >= 0.6 is 0 Å². The van der Waals surface area contributed by atoms with Crippen LogP contribution in [0.1, 0.15) is 12.5 Å². The third-order valence-corrected chi connectivity index (χ3v) is 2.64. The Kier molecular flexibility index (Phi) is 3.56. The van der Waals surface area contributed by atoms with E-state index in [0.717, 1.165) is 6.54 Å². The molecule has 1 aromatic carbocycles. The number of rotatable bonds is 3. The third-order valence-electron chi connectivity index (χ3n) is 2.64. The highest BCUT2D eigenvalue weighted by atomic mass is 19.1. The third kappa shape index (κ3) is 2.93. The number of hydrogen-bond acceptors (Lipinski definition) is 3. The Morgan fingerprint density at radius 1 is 1.41 bits per heavy atom. The number of hydrogen-bond donors (Lipinski definition) is 2. The maximum atomic E-state index is 13.3. The van der Waals surface area contributed by atoms with Gasteiger partial charge in [-0.05, 0) is 25.5 Å². The molecule has 2 rings (SSSR count). The van der Waals surface area contributed by atoms with Crippen molar-refractivity contribution in [3.63, 3.8) is 0 Å². The van der Waals surface area contributed by atoms with Crippen LogP contribution in [0.5, 0.6) is 0 Å². The summed E-state index contributed by atoms with van der Waals surface area (Å²) in [6.45, 7) is 3.21. The van der Waals surface area contributed by atoms with Gasteiger partial charge in [0.15, 0.2) is 5.96 Å². The summed E-state index contributed by atoms with van der Waals surface area (Å²) in [6, 6.07) is 4.23. The summed E-state index contributed by atoms with van der Waals surface area (Å²) >= 11 is 0. The van der Waals surface area contributed by atoms with E-state index in [0.29, 0.717) is 25.0 Å². The van der Waals surface area contributed by atoms with E-state index in [1.54, 1.807) is 0 Å². The molecular weight excluding hydrogens is 224 g/mol. The largest absolute Gasteiger partial charge is 0.356 e. The van der Waals surface area contributed by atoms with E-state index in [2.05, 4.69) is 15.6 Å². The molecule has 0 radical (unpaired) electrons. The summed E-state index contributed by atoms with van der Waals surface area (Å²) in [4.78, 5) is 4.20. The SMILES string of the molecule is CC1CN=C(NCCc2c(F)cccc2F)N1. The van der Waals surface area contributed by atoms with Crippen molar-refractivity contribution in [2.24, 2.45) is 4.99 Å². The van der Waals surface area contributed by atoms with Crippen LogP contribution in [0.2, 0.25) is 0 Å². The molecule has 1 aliphatic heterocycles. The fraction of sp³-hybridized carbons (Fsp3) is 0.417. The summed E-state index contributed by atoms with van der Waals surface area (Å²) in [6.07, 6.45) is 0.299. The Morgan fingerprint density at radius 3 is 2.71 bits per heavy atom. The van der Waals surface area contributed by atoms with E-state index in [1.165, 1.54) is 18.2 Å². The van der Waals surface area contributed by atoms with E-state index in [4.69, 9.17) is 0 Å². The van der Waals surface area contributed by atoms with E-state index >= 15 is 0 Å². The fourth-order valence-electron chi connectivity index (χ4n) is 1.74. The molecule has 0 amide bonds. The minimum absolute atomic E-state index is 0.117. The van der Waals surface area contributed by atoms with E-state index in [-0.39, 0.29) is 5.56 Å². The second-order valence-electron chi connectivity index (χ2n) is 4.11. The molecule has 0 saturated heterocycles. The summed E-state index contributed by atoms with van der Waals surface area (Å²) in [5.41, 5.74) is 0.117. The zero-order chi connectivity index (χ0) is 12.3. The highest BCUT2D eigenvalue weighted by Crippen LogP contribution is 2.11. The first-order valence-electron chi connectivity index (χ1n) is 5.64. The van der Waals surface area contributed by atoms with Crippen molar-refractivity contribution in [1.82, 2.24) is 10.6 Å². The molecule has 1 unspecified atom stereocenters. The van der Waals surface area contributed by atoms with Gasteiger partial charge in [0.1, 0.15) is 11.6 Å². The molecule has 1 aliphatic rings. The van der Waals surface area contributed by atoms with Gasteiger partial charge in [0.25, 0.3) is 0 Å². The van der Waals surface area contributed by atoms with Crippen LogP contribution < -0.4 is 10.6 Å². The van der Waals surface area contributed by atoms with Crippen LogP contribution in [0.15, 0.2) is 23.2 Å². The van der Waals surface area contributed by atoms with Crippen LogP contribution in [0, 0.1) is 11.6 Å². The van der Waals surface area contributed by atoms with Gasteiger partial charge in [0.05, 0.1) is 6.54 Å². The molecule has 1 aromatic rings. The molecule has 1 heterocycles. The average Bonchev–Trinajstić information content (AvgIpc) is 2.69. The van der Waals surface area contributed by atoms with Crippen LogP contribution in [0.3, 0.4) is 0 Å². The zero-order valence-electron chi connectivity index (χ0n) is 9.63. The van der Waals surface area contributed by atoms with E-state index in [1.807, 2.05) is 6.92 Å². The Hall–Kier alpha value is -1.65. The van der Waals surface area contributed by atoms with Crippen molar-refractivity contribution in [3.05, 3.63) is 35.4 Å². The van der Waals surface area contributed by atoms with Gasteiger partial charge in [-0.15, -0.1) is 0 Å². The van der Waals surface area contributed by atoms with Crippen molar-refractivity contribution in [3.8, 4) is 0 Å². The lowest BCUT2D eigenvalue weighted by Crippen LogP contribution is -2.38. The Labute approximate surface area is 98.9 Å². The van der Waals surface area contributed by atoms with Crippen LogP contribution in [0.25, 0.3) is 0 Å². The highest BCUT2D eigenvalue weighted by Gasteiger charge is 2.12. The smallest absolute Gasteiger partial charge is 0.191 e. The second kappa shape index (κ2) is 5.12. The monoisotopic (exact) mass is 239 g/mol. The molecular formula is C12H15F2N3. The summed E-state index contributed by atoms with van der Waals surface area (Å²) < 4.78 is 26.6. The first-order chi connectivity index (χ1) is 8.16. The van der Waals surface area contributed by atoms with Crippen LogP contribution in [-0.4, -0.2) is 25.1 Å². The lowest BCUT2D eigenvalue weighted by atomic mass is 10.1. The number of nitrogens with zero attached hydrogens (tertiary/aromatic N) is 1. The molecule has 1 atom stereocenters. The molecule has 2 N–H and O–H groups in total. The molecule has 0 fully saturated rings. The minimum Gasteiger partial charge on any atom is -0.356 e. The quantitative estimate of drug-likeness (QED) is 0.837. The maximum Gasteiger partial charge on any atom is 0.191 e. The van der Waals surface area contributed by atoms with Crippen molar-refractivity contribution in [2.75, 3.05) is 13.1 Å². The summed E-state index contributed by atoms with van der Waals surface area (Å²) in [5, 5.41) is 6.14. The zero-order valence-corrected chi connectivity index (χ0v) is 9.63. The van der Waals surface area contributed by atoms with Crippen LogP contribution in [-0.2, 0) is 6.42 Å². The minimum atomic E-state index is -0.499. The van der Waals surface area contributed by atoms with E-state index in [9.17, 15) is 8.78 Å². The summed E-state index contributed by atoms with van der Waals surface area (Å²) in [7, 11) is 0. The Morgan fingerprint density at radius 2 is 2.12 bits per heavy atom. The molecule has 17 heavy (non-hydrogen) atoms. The van der Waals surface area contributed by atoms with Gasteiger partial charge in [0.2, 0.25) is 0 Å². The highest BCUT2D eigenvalue weighted by molar-refractivity contribution is 5.81. The predicted molar refractivity (Wildman–Crippen MR) is 63.0 cm³/mol. The topological polar surface area (TPSA) is 36.4 Å². The fourth-order valence-corrected chi connectivity index (χ4v) is 1.74. The number of guanidine groups is 1. The predicted octanol–water partition coefficient (Wildman–Crippen LogP) is 1.44. The first kappa shape index (κ1) is 11.8. The Balaban J connectivity index is 1.86. The molecule has 0 spiro atoms. The van der Waals surface area contributed by atoms with Crippen molar-refractivity contribution >= 4 is 5.96 Å². The number of halogens is 2. The van der Waals surface area contributed by atoms with Gasteiger partial charge in [-0.2, -0.15) is 0 Å². The first-order valence-corrected chi connectivity index (χ1v) is 5.64. The molecule has 0 aromatic heterocycles. The van der Waals surface area contributed by atoms with Gasteiger partial charge in [0, 0.05) is 18.2 Å². The van der Waals surface area contributed by atoms with Crippen molar-refractivity contribution < 1.29 is 8.78 Å². The molecule has 5 heteroatoms. The number of nitrogens with one attached hydrogen (secondary N) is 2. The summed E-state index contributed by atoms with van der Waals surface area (Å²) in [5.74, 6) is -0.294. The normalized spacial score (nSPS) is 18.8. The van der Waals surface area contributed by atoms with Crippen LogP contribution in [0.4, 0.5) is 8.78 Å². The van der Waals surface area contributed by atoms with Gasteiger partial charge in [-0.25, -0.2) is 8.78 Å². The lowest BCUT2D eigenvalue weighted by molar-refractivity contribution is 0.553. The van der Waals surface area contributed by atoms with Gasteiger partial charge in [-0.1, -0.05) is 6.07 Å². The average molecular weight is 239 g/mol. The number of benzene rings is 1. The van der Waals surface area contributed by atoms with E-state index < -0.39 is 11.6 Å².